The summed E-state index contributed by atoms with van der Waals surface area (Å²) in [5, 5.41) is 19.9. The van der Waals surface area contributed by atoms with Crippen LogP contribution in [0.25, 0.3) is 0 Å². The lowest BCUT2D eigenvalue weighted by Crippen LogP contribution is -2.56. The number of carboxylic acids is 1. The average molecular weight is 259 g/mol. The first kappa shape index (κ1) is 14.7. The highest BCUT2D eigenvalue weighted by atomic mass is 16.4. The Morgan fingerprint density at radius 1 is 1.22 bits per heavy atom. The van der Waals surface area contributed by atoms with Crippen LogP contribution in [0.2, 0.25) is 0 Å². The van der Waals surface area contributed by atoms with Crippen LogP contribution in [-0.4, -0.2) is 76.9 Å². The number of carbonyl (C=O) groups excluding carboxylic acids is 1. The van der Waals surface area contributed by atoms with Crippen molar-refractivity contribution in [3.05, 3.63) is 0 Å². The zero-order valence-corrected chi connectivity index (χ0v) is 10.8. The standard InChI is InChI=1S/C11H21N3O4/c1-8(2)13-3-5-14(6-4-13)11(18)12-9(7-15)10(16)17/h8-9,15H,3-7H2,1-2H3,(H,12,18)(H,16,17)/t9-/m1/s1. The Kier molecular flexibility index (Phi) is 5.36. The van der Waals surface area contributed by atoms with Crippen LogP contribution in [0.1, 0.15) is 13.8 Å². The summed E-state index contributed by atoms with van der Waals surface area (Å²) in [6.45, 7) is 6.30. The van der Waals surface area contributed by atoms with Gasteiger partial charge in [0.2, 0.25) is 0 Å². The van der Waals surface area contributed by atoms with Gasteiger partial charge in [-0.25, -0.2) is 9.59 Å². The molecule has 18 heavy (non-hydrogen) atoms. The van der Waals surface area contributed by atoms with E-state index >= 15 is 0 Å². The van der Waals surface area contributed by atoms with E-state index in [1.807, 2.05) is 0 Å². The van der Waals surface area contributed by atoms with Gasteiger partial charge in [-0.15, -0.1) is 0 Å². The molecule has 1 aliphatic rings. The smallest absolute Gasteiger partial charge is 0.328 e. The first-order valence-corrected chi connectivity index (χ1v) is 6.09. The van der Waals surface area contributed by atoms with Gasteiger partial charge >= 0.3 is 12.0 Å². The summed E-state index contributed by atoms with van der Waals surface area (Å²) < 4.78 is 0. The second-order valence-corrected chi connectivity index (χ2v) is 4.64. The molecule has 1 heterocycles. The van der Waals surface area contributed by atoms with Crippen molar-refractivity contribution in [1.29, 1.82) is 0 Å². The van der Waals surface area contributed by atoms with Crippen LogP contribution >= 0.6 is 0 Å². The van der Waals surface area contributed by atoms with Gasteiger partial charge in [0.1, 0.15) is 0 Å². The summed E-state index contributed by atoms with van der Waals surface area (Å²) in [4.78, 5) is 26.3. The van der Waals surface area contributed by atoms with Crippen LogP contribution in [-0.2, 0) is 4.79 Å². The number of carbonyl (C=O) groups is 2. The number of urea groups is 1. The Labute approximate surface area is 106 Å². The van der Waals surface area contributed by atoms with E-state index in [-0.39, 0.29) is 0 Å². The molecule has 0 bridgehead atoms. The van der Waals surface area contributed by atoms with E-state index in [4.69, 9.17) is 10.2 Å². The normalized spacial score (nSPS) is 18.8. The minimum atomic E-state index is -1.24. The molecule has 1 aliphatic heterocycles. The van der Waals surface area contributed by atoms with Crippen LogP contribution in [0.15, 0.2) is 0 Å². The van der Waals surface area contributed by atoms with E-state index in [1.54, 1.807) is 4.90 Å². The highest BCUT2D eigenvalue weighted by molar-refractivity contribution is 5.82. The third-order valence-corrected chi connectivity index (χ3v) is 3.11. The van der Waals surface area contributed by atoms with Crippen LogP contribution in [0, 0.1) is 0 Å². The monoisotopic (exact) mass is 259 g/mol. The van der Waals surface area contributed by atoms with Crippen molar-refractivity contribution < 1.29 is 19.8 Å². The van der Waals surface area contributed by atoms with Crippen molar-refractivity contribution in [1.82, 2.24) is 15.1 Å². The van der Waals surface area contributed by atoms with Crippen LogP contribution in [0.3, 0.4) is 0 Å². The van der Waals surface area contributed by atoms with Gasteiger partial charge in [0.05, 0.1) is 6.61 Å². The summed E-state index contributed by atoms with van der Waals surface area (Å²) in [5.41, 5.74) is 0. The minimum Gasteiger partial charge on any atom is -0.480 e. The Balaban J connectivity index is 2.42. The molecular weight excluding hydrogens is 238 g/mol. The molecule has 0 aromatic heterocycles. The number of nitrogens with zero attached hydrogens (tertiary/aromatic N) is 2. The molecule has 0 radical (unpaired) electrons. The molecule has 1 saturated heterocycles. The highest BCUT2D eigenvalue weighted by Gasteiger charge is 2.25. The Morgan fingerprint density at radius 3 is 2.17 bits per heavy atom. The van der Waals surface area contributed by atoms with Crippen LogP contribution in [0.4, 0.5) is 4.79 Å². The van der Waals surface area contributed by atoms with Crippen LogP contribution in [0.5, 0.6) is 0 Å². The van der Waals surface area contributed by atoms with Gasteiger partial charge in [0, 0.05) is 32.2 Å². The lowest BCUT2D eigenvalue weighted by atomic mass is 10.2. The van der Waals surface area contributed by atoms with Gasteiger partial charge in [-0.3, -0.25) is 4.90 Å². The predicted octanol–water partition coefficient (Wildman–Crippen LogP) is -0.832. The molecule has 2 amide bonds. The van der Waals surface area contributed by atoms with Crippen molar-refractivity contribution in [2.24, 2.45) is 0 Å². The van der Waals surface area contributed by atoms with Crippen molar-refractivity contribution in [2.45, 2.75) is 25.9 Å². The number of hydrogen-bond acceptors (Lipinski definition) is 4. The zero-order chi connectivity index (χ0) is 13.7. The predicted molar refractivity (Wildman–Crippen MR) is 65.3 cm³/mol. The van der Waals surface area contributed by atoms with Gasteiger partial charge < -0.3 is 20.4 Å². The SMILES string of the molecule is CC(C)N1CCN(C(=O)N[C@H](CO)C(=O)O)CC1. The second kappa shape index (κ2) is 6.55. The largest absolute Gasteiger partial charge is 0.480 e. The number of hydrogen-bond donors (Lipinski definition) is 3. The number of aliphatic hydroxyl groups is 1. The molecule has 104 valence electrons. The van der Waals surface area contributed by atoms with Gasteiger partial charge in [0.15, 0.2) is 6.04 Å². The molecule has 7 nitrogen and oxygen atoms in total. The molecule has 0 aromatic carbocycles. The molecule has 1 rings (SSSR count). The number of amides is 2. The van der Waals surface area contributed by atoms with E-state index in [0.717, 1.165) is 13.1 Å². The zero-order valence-electron chi connectivity index (χ0n) is 10.8. The van der Waals surface area contributed by atoms with Crippen molar-refractivity contribution in [2.75, 3.05) is 32.8 Å². The number of nitrogens with one attached hydrogen (secondary N) is 1. The average Bonchev–Trinajstić information content (AvgIpc) is 2.35. The van der Waals surface area contributed by atoms with Crippen molar-refractivity contribution in [3.63, 3.8) is 0 Å². The Hall–Kier alpha value is -1.34. The summed E-state index contributed by atoms with van der Waals surface area (Å²) in [6, 6.07) is -1.22. The van der Waals surface area contributed by atoms with E-state index in [9.17, 15) is 9.59 Å². The fraction of sp³-hybridized carbons (Fsp3) is 0.818. The quantitative estimate of drug-likeness (QED) is 0.612. The van der Waals surface area contributed by atoms with E-state index < -0.39 is 24.6 Å². The van der Waals surface area contributed by atoms with Crippen molar-refractivity contribution >= 4 is 12.0 Å². The molecule has 0 aliphatic carbocycles. The molecule has 0 spiro atoms. The molecular formula is C11H21N3O4. The summed E-state index contributed by atoms with van der Waals surface area (Å²) in [5.74, 6) is -1.23. The van der Waals surface area contributed by atoms with E-state index in [2.05, 4.69) is 24.1 Å². The summed E-state index contributed by atoms with van der Waals surface area (Å²) in [7, 11) is 0. The number of aliphatic hydroxyl groups excluding tert-OH is 1. The van der Waals surface area contributed by atoms with Crippen LogP contribution < -0.4 is 5.32 Å². The number of carboxylic acid groups (broad SMARTS) is 1. The third kappa shape index (κ3) is 3.85. The summed E-state index contributed by atoms with van der Waals surface area (Å²) in [6.07, 6.45) is 0. The number of piperazine rings is 1. The fourth-order valence-electron chi connectivity index (χ4n) is 1.87. The third-order valence-electron chi connectivity index (χ3n) is 3.11. The maximum absolute atomic E-state index is 11.8. The van der Waals surface area contributed by atoms with E-state index in [1.165, 1.54) is 0 Å². The van der Waals surface area contributed by atoms with Gasteiger partial charge in [-0.1, -0.05) is 0 Å². The topological polar surface area (TPSA) is 93.1 Å². The lowest BCUT2D eigenvalue weighted by molar-refractivity contribution is -0.140. The molecule has 1 atom stereocenters. The number of aliphatic carboxylic acids is 1. The van der Waals surface area contributed by atoms with E-state index in [0.29, 0.717) is 19.1 Å². The van der Waals surface area contributed by atoms with Gasteiger partial charge in [-0.2, -0.15) is 0 Å². The Morgan fingerprint density at radius 2 is 1.78 bits per heavy atom. The molecule has 0 unspecified atom stereocenters. The highest BCUT2D eigenvalue weighted by Crippen LogP contribution is 2.06. The lowest BCUT2D eigenvalue weighted by Gasteiger charge is -2.37. The summed E-state index contributed by atoms with van der Waals surface area (Å²) >= 11 is 0. The van der Waals surface area contributed by atoms with Gasteiger partial charge in [-0.05, 0) is 13.8 Å². The minimum absolute atomic E-state index is 0.431. The molecule has 7 heteroatoms. The first-order chi connectivity index (χ1) is 8.45. The maximum Gasteiger partial charge on any atom is 0.328 e. The molecule has 3 N–H and O–H groups in total. The van der Waals surface area contributed by atoms with Gasteiger partial charge in [0.25, 0.3) is 0 Å². The maximum atomic E-state index is 11.8. The molecule has 0 saturated carbocycles. The fourth-order valence-corrected chi connectivity index (χ4v) is 1.87. The Bertz CT molecular complexity index is 301. The molecule has 1 fully saturated rings. The number of rotatable bonds is 4. The first-order valence-electron chi connectivity index (χ1n) is 6.09. The van der Waals surface area contributed by atoms with Crippen molar-refractivity contribution in [3.8, 4) is 0 Å². The second-order valence-electron chi connectivity index (χ2n) is 4.64. The molecule has 0 aromatic rings.